The molecule has 0 radical (unpaired) electrons. The fourth-order valence-electron chi connectivity index (χ4n) is 7.87. The predicted octanol–water partition coefficient (Wildman–Crippen LogP) is 12.7. The van der Waals surface area contributed by atoms with Gasteiger partial charge in [-0.3, -0.25) is 0 Å². The fourth-order valence-corrected chi connectivity index (χ4v) is 7.87. The summed E-state index contributed by atoms with van der Waals surface area (Å²) in [6.45, 7) is 0. The van der Waals surface area contributed by atoms with Crippen LogP contribution in [0.3, 0.4) is 0 Å². The number of para-hydroxylation sites is 1. The highest BCUT2D eigenvalue weighted by atomic mass is 16.3. The zero-order valence-electron chi connectivity index (χ0n) is 29.0. The van der Waals surface area contributed by atoms with E-state index in [1.807, 2.05) is 72.8 Å². The second-order valence-electron chi connectivity index (χ2n) is 13.6. The van der Waals surface area contributed by atoms with Crippen molar-refractivity contribution in [2.45, 2.75) is 0 Å². The lowest BCUT2D eigenvalue weighted by Gasteiger charge is -2.10. The minimum atomic E-state index is 0.601. The number of nitrogens with zero attached hydrogens (tertiary/aromatic N) is 4. The monoisotopic (exact) mass is 690 g/mol. The number of fused-ring (bicyclic) bond motifs is 7. The largest absolute Gasteiger partial charge is 0.456 e. The molecule has 3 heterocycles. The van der Waals surface area contributed by atoms with Crippen LogP contribution in [0.15, 0.2) is 186 Å². The van der Waals surface area contributed by atoms with Crippen LogP contribution in [0.4, 0.5) is 0 Å². The summed E-state index contributed by atoms with van der Waals surface area (Å²) < 4.78 is 8.85. The smallest absolute Gasteiger partial charge is 0.164 e. The summed E-state index contributed by atoms with van der Waals surface area (Å²) in [7, 11) is 0. The Morgan fingerprint density at radius 2 is 1.00 bits per heavy atom. The van der Waals surface area contributed by atoms with Gasteiger partial charge < -0.3 is 8.98 Å². The Labute approximate surface area is 310 Å². The highest BCUT2D eigenvalue weighted by Gasteiger charge is 2.19. The Balaban J connectivity index is 1.08. The van der Waals surface area contributed by atoms with Gasteiger partial charge in [-0.25, -0.2) is 15.0 Å². The van der Waals surface area contributed by atoms with E-state index in [1.54, 1.807) is 0 Å². The Morgan fingerprint density at radius 3 is 1.78 bits per heavy atom. The number of aromatic nitrogens is 4. The maximum absolute atomic E-state index is 6.47. The average Bonchev–Trinajstić information content (AvgIpc) is 3.79. The molecular weight excluding hydrogens is 661 g/mol. The molecule has 5 heteroatoms. The molecule has 0 saturated carbocycles. The highest BCUT2D eigenvalue weighted by molar-refractivity contribution is 6.14. The summed E-state index contributed by atoms with van der Waals surface area (Å²) in [6.07, 6.45) is 0. The number of furan rings is 1. The molecule has 8 aromatic carbocycles. The van der Waals surface area contributed by atoms with Crippen molar-refractivity contribution in [3.8, 4) is 51.0 Å². The Hall–Kier alpha value is -7.37. The van der Waals surface area contributed by atoms with Crippen LogP contribution in [0, 0.1) is 0 Å². The maximum Gasteiger partial charge on any atom is 0.164 e. The third-order valence-electron chi connectivity index (χ3n) is 10.4. The van der Waals surface area contributed by atoms with Crippen LogP contribution in [0.5, 0.6) is 0 Å². The van der Waals surface area contributed by atoms with Gasteiger partial charge in [0, 0.05) is 43.9 Å². The van der Waals surface area contributed by atoms with E-state index in [-0.39, 0.29) is 0 Å². The van der Waals surface area contributed by atoms with Gasteiger partial charge >= 0.3 is 0 Å². The molecule has 0 unspecified atom stereocenters. The first-order valence-electron chi connectivity index (χ1n) is 18.1. The molecular formula is C49H30N4O. The van der Waals surface area contributed by atoms with Crippen LogP contribution < -0.4 is 0 Å². The van der Waals surface area contributed by atoms with Gasteiger partial charge in [-0.1, -0.05) is 133 Å². The lowest BCUT2D eigenvalue weighted by atomic mass is 9.99. The Morgan fingerprint density at radius 1 is 0.370 bits per heavy atom. The zero-order valence-corrected chi connectivity index (χ0v) is 29.0. The zero-order chi connectivity index (χ0) is 35.6. The molecule has 0 amide bonds. The topological polar surface area (TPSA) is 56.7 Å². The van der Waals surface area contributed by atoms with E-state index >= 15 is 0 Å². The van der Waals surface area contributed by atoms with Crippen molar-refractivity contribution in [1.29, 1.82) is 0 Å². The van der Waals surface area contributed by atoms with Crippen molar-refractivity contribution in [2.24, 2.45) is 0 Å². The van der Waals surface area contributed by atoms with Gasteiger partial charge in [-0.2, -0.15) is 0 Å². The minimum absolute atomic E-state index is 0.601. The summed E-state index contributed by atoms with van der Waals surface area (Å²) in [5.74, 6) is 1.85. The van der Waals surface area contributed by atoms with Gasteiger partial charge in [0.1, 0.15) is 11.2 Å². The van der Waals surface area contributed by atoms with Crippen molar-refractivity contribution < 1.29 is 4.42 Å². The molecule has 0 aliphatic carbocycles. The highest BCUT2D eigenvalue weighted by Crippen LogP contribution is 2.40. The van der Waals surface area contributed by atoms with Crippen molar-refractivity contribution in [1.82, 2.24) is 19.5 Å². The molecule has 54 heavy (non-hydrogen) atoms. The van der Waals surface area contributed by atoms with E-state index in [0.29, 0.717) is 17.5 Å². The van der Waals surface area contributed by atoms with Crippen molar-refractivity contribution in [3.63, 3.8) is 0 Å². The molecule has 0 saturated heterocycles. The molecule has 0 N–H and O–H groups in total. The molecule has 0 fully saturated rings. The third-order valence-corrected chi connectivity index (χ3v) is 10.4. The van der Waals surface area contributed by atoms with Gasteiger partial charge in [0.15, 0.2) is 17.5 Å². The molecule has 5 nitrogen and oxygen atoms in total. The maximum atomic E-state index is 6.47. The second-order valence-corrected chi connectivity index (χ2v) is 13.6. The number of hydrogen-bond donors (Lipinski definition) is 0. The van der Waals surface area contributed by atoms with Gasteiger partial charge in [0.2, 0.25) is 0 Å². The Bertz CT molecular complexity index is 3160. The quantitative estimate of drug-likeness (QED) is 0.180. The summed E-state index contributed by atoms with van der Waals surface area (Å²) >= 11 is 0. The van der Waals surface area contributed by atoms with Crippen LogP contribution in [-0.2, 0) is 0 Å². The number of rotatable bonds is 5. The summed E-state index contributed by atoms with van der Waals surface area (Å²) in [5, 5.41) is 6.88. The van der Waals surface area contributed by atoms with E-state index in [2.05, 4.69) is 114 Å². The summed E-state index contributed by atoms with van der Waals surface area (Å²) in [6, 6.07) is 63.4. The molecule has 0 aliphatic heterocycles. The van der Waals surface area contributed by atoms with E-state index in [1.165, 1.54) is 32.6 Å². The van der Waals surface area contributed by atoms with Crippen LogP contribution in [0.25, 0.3) is 105 Å². The third kappa shape index (κ3) is 4.90. The molecule has 252 valence electrons. The minimum Gasteiger partial charge on any atom is -0.456 e. The SMILES string of the molecule is c1ccc(-c2nc(-c3ccccc3)nc(-c3cccc4oc5ccc(-c6ccc7c(c6)c6ccccc6n7-c6ccc7ccccc7c6)cc5c34)n2)cc1. The molecule has 3 aromatic heterocycles. The lowest BCUT2D eigenvalue weighted by Crippen LogP contribution is -2.00. The molecule has 0 bridgehead atoms. The molecule has 0 aliphatic rings. The van der Waals surface area contributed by atoms with Crippen LogP contribution in [-0.4, -0.2) is 19.5 Å². The van der Waals surface area contributed by atoms with Crippen molar-refractivity contribution >= 4 is 54.5 Å². The normalized spacial score (nSPS) is 11.7. The fraction of sp³-hybridized carbons (Fsp3) is 0. The molecule has 11 rings (SSSR count). The van der Waals surface area contributed by atoms with E-state index in [9.17, 15) is 0 Å². The van der Waals surface area contributed by atoms with Gasteiger partial charge in [-0.05, 0) is 70.4 Å². The van der Waals surface area contributed by atoms with Crippen LogP contribution in [0.1, 0.15) is 0 Å². The number of benzene rings is 8. The van der Waals surface area contributed by atoms with Crippen molar-refractivity contribution in [3.05, 3.63) is 182 Å². The van der Waals surface area contributed by atoms with Crippen LogP contribution >= 0.6 is 0 Å². The average molecular weight is 691 g/mol. The first-order valence-corrected chi connectivity index (χ1v) is 18.1. The molecule has 0 atom stereocenters. The van der Waals surface area contributed by atoms with Crippen LogP contribution in [0.2, 0.25) is 0 Å². The Kier molecular flexibility index (Phi) is 6.79. The van der Waals surface area contributed by atoms with Gasteiger partial charge in [0.25, 0.3) is 0 Å². The predicted molar refractivity (Wildman–Crippen MR) is 221 cm³/mol. The van der Waals surface area contributed by atoms with Crippen molar-refractivity contribution in [2.75, 3.05) is 0 Å². The summed E-state index contributed by atoms with van der Waals surface area (Å²) in [4.78, 5) is 15.0. The van der Waals surface area contributed by atoms with Gasteiger partial charge in [0.05, 0.1) is 11.0 Å². The lowest BCUT2D eigenvalue weighted by molar-refractivity contribution is 0.669. The number of hydrogen-bond acceptors (Lipinski definition) is 4. The first-order chi connectivity index (χ1) is 26.7. The molecule has 11 aromatic rings. The van der Waals surface area contributed by atoms with E-state index < -0.39 is 0 Å². The van der Waals surface area contributed by atoms with Gasteiger partial charge in [-0.15, -0.1) is 0 Å². The standard InChI is InChI=1S/C49H30N4O/c1-3-13-32(14-4-1)47-50-48(33-15-5-2-6-16-33)52-49(51-47)39-19-11-21-45-46(39)41-30-36(24-27-44(41)54-45)35-23-26-43-40(29-35)38-18-9-10-20-42(38)53(43)37-25-22-31-12-7-8-17-34(31)28-37/h1-30H. The second kappa shape index (κ2) is 12.1. The van der Waals surface area contributed by atoms with E-state index in [0.717, 1.165) is 55.4 Å². The first kappa shape index (κ1) is 30.3. The molecule has 0 spiro atoms. The van der Waals surface area contributed by atoms with E-state index in [4.69, 9.17) is 19.4 Å². The summed E-state index contributed by atoms with van der Waals surface area (Å²) in [5.41, 5.74) is 10.1.